The number of aromatic nitrogens is 2. The number of carbonyl (C=O) groups is 2. The molecule has 4 N–H and O–H groups in total. The number of nitrogens with one attached hydrogen (secondary N) is 1. The van der Waals surface area contributed by atoms with Crippen molar-refractivity contribution in [1.82, 2.24) is 14.9 Å². The molecule has 0 saturated heterocycles. The molecular weight excluding hydrogens is 495 g/mol. The van der Waals surface area contributed by atoms with Crippen molar-refractivity contribution in [1.29, 1.82) is 0 Å². The van der Waals surface area contributed by atoms with Crippen molar-refractivity contribution in [2.24, 2.45) is 5.73 Å². The lowest BCUT2D eigenvalue weighted by molar-refractivity contribution is -0.169. The molecule has 6 rings (SSSR count). The van der Waals surface area contributed by atoms with Gasteiger partial charge in [-0.1, -0.05) is 0 Å². The van der Waals surface area contributed by atoms with Gasteiger partial charge < -0.3 is 30.2 Å². The number of rotatable bonds is 5. The van der Waals surface area contributed by atoms with Gasteiger partial charge in [-0.05, 0) is 49.4 Å². The van der Waals surface area contributed by atoms with E-state index in [4.69, 9.17) is 20.2 Å². The Morgan fingerprint density at radius 2 is 2.13 bits per heavy atom. The Hall–Kier alpha value is -3.67. The molecule has 1 amide bonds. The van der Waals surface area contributed by atoms with Crippen LogP contribution in [0.4, 0.5) is 4.39 Å². The molecule has 3 aromatic rings. The van der Waals surface area contributed by atoms with Gasteiger partial charge in [0.1, 0.15) is 19.0 Å². The number of aliphatic hydroxyl groups is 1. The van der Waals surface area contributed by atoms with Crippen molar-refractivity contribution >= 4 is 22.8 Å². The van der Waals surface area contributed by atoms with E-state index in [2.05, 4.69) is 5.32 Å². The van der Waals surface area contributed by atoms with Gasteiger partial charge in [-0.2, -0.15) is 0 Å². The van der Waals surface area contributed by atoms with Gasteiger partial charge in [0.15, 0.2) is 5.60 Å². The molecule has 4 heterocycles. The fraction of sp³-hybridized carbons (Fsp3) is 0.407. The summed E-state index contributed by atoms with van der Waals surface area (Å²) in [6.45, 7) is 3.37. The Kier molecular flexibility index (Phi) is 5.64. The van der Waals surface area contributed by atoms with Crippen LogP contribution in [0.5, 0.6) is 0 Å². The predicted molar refractivity (Wildman–Crippen MR) is 134 cm³/mol. The monoisotopic (exact) mass is 522 g/mol. The highest BCUT2D eigenvalue weighted by Crippen LogP contribution is 2.45. The van der Waals surface area contributed by atoms with Gasteiger partial charge in [0, 0.05) is 29.1 Å². The molecule has 3 aliphatic rings. The third kappa shape index (κ3) is 3.49. The van der Waals surface area contributed by atoms with E-state index in [9.17, 15) is 23.9 Å². The van der Waals surface area contributed by atoms with Crippen molar-refractivity contribution in [2.75, 3.05) is 19.8 Å². The van der Waals surface area contributed by atoms with E-state index in [1.54, 1.807) is 13.0 Å². The van der Waals surface area contributed by atoms with Crippen molar-refractivity contribution in [3.05, 3.63) is 61.7 Å². The minimum Gasteiger partial charge on any atom is -0.458 e. The molecule has 0 saturated carbocycles. The number of amides is 1. The van der Waals surface area contributed by atoms with E-state index in [0.717, 1.165) is 22.1 Å². The number of hydrogen-bond acceptors (Lipinski definition) is 8. The van der Waals surface area contributed by atoms with Gasteiger partial charge in [-0.25, -0.2) is 14.2 Å². The summed E-state index contributed by atoms with van der Waals surface area (Å²) in [7, 11) is 0. The standard InChI is InChI=1S/C27H27FN4O6/c1-12-13-3-4-18(30-21(33)11-37-6-5-29)23-14-9-32-20(24(14)31-19(22(13)23)8-17(12)28)7-16-15(25(32)34)10-38-26(35)27(16,2)36/h7-8,18,36H,3-6,9-11,29H2,1-2H3,(H,30,33)/t18-,27-/m0/s1. The van der Waals surface area contributed by atoms with Crippen LogP contribution in [0.25, 0.3) is 22.3 Å². The third-order valence-electron chi connectivity index (χ3n) is 7.84. The second-order valence-corrected chi connectivity index (χ2v) is 10.2. The van der Waals surface area contributed by atoms with E-state index in [1.807, 2.05) is 0 Å². The summed E-state index contributed by atoms with van der Waals surface area (Å²) in [6.07, 6.45) is 1.08. The minimum absolute atomic E-state index is 0.144. The normalized spacial score (nSPS) is 21.1. The average molecular weight is 523 g/mol. The number of pyridine rings is 2. The summed E-state index contributed by atoms with van der Waals surface area (Å²) >= 11 is 0. The molecule has 1 aromatic carbocycles. The highest BCUT2D eigenvalue weighted by atomic mass is 19.1. The van der Waals surface area contributed by atoms with Crippen molar-refractivity contribution in [3.8, 4) is 11.4 Å². The molecule has 2 atom stereocenters. The van der Waals surface area contributed by atoms with Gasteiger partial charge >= 0.3 is 5.97 Å². The lowest BCUT2D eigenvalue weighted by Gasteiger charge is -2.30. The maximum Gasteiger partial charge on any atom is 0.342 e. The van der Waals surface area contributed by atoms with Crippen LogP contribution in [0.15, 0.2) is 16.9 Å². The number of nitrogens with zero attached hydrogens (tertiary/aromatic N) is 2. The Bertz CT molecular complexity index is 1610. The number of nitrogens with two attached hydrogens (primary N) is 1. The fourth-order valence-corrected chi connectivity index (χ4v) is 5.93. The van der Waals surface area contributed by atoms with Gasteiger partial charge in [-0.3, -0.25) is 9.59 Å². The van der Waals surface area contributed by atoms with Crippen LogP contribution in [0.2, 0.25) is 0 Å². The average Bonchev–Trinajstić information content (AvgIpc) is 3.25. The van der Waals surface area contributed by atoms with Crippen molar-refractivity contribution in [2.45, 2.75) is 51.5 Å². The van der Waals surface area contributed by atoms with Crippen LogP contribution >= 0.6 is 0 Å². The third-order valence-corrected chi connectivity index (χ3v) is 7.84. The van der Waals surface area contributed by atoms with Gasteiger partial charge in [0.2, 0.25) is 5.91 Å². The van der Waals surface area contributed by atoms with Crippen molar-refractivity contribution < 1.29 is 28.6 Å². The number of carbonyl (C=O) groups excluding carboxylic acids is 2. The first kappa shape index (κ1) is 24.7. The first-order chi connectivity index (χ1) is 18.1. The molecule has 11 heteroatoms. The molecule has 2 aromatic heterocycles. The number of cyclic esters (lactones) is 1. The van der Waals surface area contributed by atoms with E-state index in [0.29, 0.717) is 41.9 Å². The molecule has 198 valence electrons. The second kappa shape index (κ2) is 8.69. The SMILES string of the molecule is Cc1c(F)cc2nc3c(c4c2c1CC[C@@H]4NC(=O)COCCN)Cn1c-3cc2c(c1=O)COC(=O)[C@@]2(C)O. The summed E-state index contributed by atoms with van der Waals surface area (Å²) in [5, 5.41) is 14.7. The van der Waals surface area contributed by atoms with Crippen LogP contribution in [-0.2, 0) is 44.2 Å². The summed E-state index contributed by atoms with van der Waals surface area (Å²) in [4.78, 5) is 43.3. The minimum atomic E-state index is -1.99. The molecule has 0 bridgehead atoms. The number of esters is 1. The first-order valence-corrected chi connectivity index (χ1v) is 12.5. The van der Waals surface area contributed by atoms with Crippen LogP contribution in [-0.4, -0.2) is 46.3 Å². The molecule has 38 heavy (non-hydrogen) atoms. The highest BCUT2D eigenvalue weighted by Gasteiger charge is 2.43. The number of ether oxygens (including phenoxy) is 2. The molecule has 10 nitrogen and oxygen atoms in total. The van der Waals surface area contributed by atoms with Crippen LogP contribution < -0.4 is 16.6 Å². The lowest BCUT2D eigenvalue weighted by atomic mass is 9.81. The maximum absolute atomic E-state index is 14.9. The summed E-state index contributed by atoms with van der Waals surface area (Å²) < 4.78 is 26.8. The molecule has 0 unspecified atom stereocenters. The smallest absolute Gasteiger partial charge is 0.342 e. The largest absolute Gasteiger partial charge is 0.458 e. The summed E-state index contributed by atoms with van der Waals surface area (Å²) in [5.74, 6) is -1.52. The predicted octanol–water partition coefficient (Wildman–Crippen LogP) is 1.22. The molecular formula is C27H27FN4O6. The lowest BCUT2D eigenvalue weighted by Crippen LogP contribution is -2.42. The van der Waals surface area contributed by atoms with E-state index < -0.39 is 23.2 Å². The van der Waals surface area contributed by atoms with Gasteiger partial charge in [-0.15, -0.1) is 0 Å². The van der Waals surface area contributed by atoms with Crippen LogP contribution in [0, 0.1) is 12.7 Å². The number of halogens is 1. The molecule has 0 fully saturated rings. The van der Waals surface area contributed by atoms with Crippen LogP contribution in [0.3, 0.4) is 0 Å². The number of hydrogen-bond donors (Lipinski definition) is 3. The number of benzene rings is 1. The zero-order valence-electron chi connectivity index (χ0n) is 21.0. The summed E-state index contributed by atoms with van der Waals surface area (Å²) in [6, 6.07) is 2.56. The Balaban J connectivity index is 1.56. The number of fused-ring (bicyclic) bond motifs is 5. The maximum atomic E-state index is 14.9. The molecule has 0 spiro atoms. The van der Waals surface area contributed by atoms with E-state index in [-0.39, 0.29) is 49.2 Å². The van der Waals surface area contributed by atoms with Crippen molar-refractivity contribution in [3.63, 3.8) is 0 Å². The molecule has 2 aliphatic heterocycles. The van der Waals surface area contributed by atoms with Crippen LogP contribution in [0.1, 0.15) is 52.8 Å². The van der Waals surface area contributed by atoms with E-state index >= 15 is 0 Å². The Labute approximate surface area is 216 Å². The zero-order valence-corrected chi connectivity index (χ0v) is 21.0. The zero-order chi connectivity index (χ0) is 26.9. The second-order valence-electron chi connectivity index (χ2n) is 10.2. The van der Waals surface area contributed by atoms with E-state index in [1.165, 1.54) is 17.6 Å². The highest BCUT2D eigenvalue weighted by molar-refractivity contribution is 5.94. The van der Waals surface area contributed by atoms with Gasteiger partial charge in [0.05, 0.1) is 41.7 Å². The first-order valence-electron chi connectivity index (χ1n) is 12.5. The fourth-order valence-electron chi connectivity index (χ4n) is 5.93. The quantitative estimate of drug-likeness (QED) is 0.262. The topological polar surface area (TPSA) is 146 Å². The van der Waals surface area contributed by atoms with Gasteiger partial charge in [0.25, 0.3) is 5.56 Å². The molecule has 1 aliphatic carbocycles. The molecule has 0 radical (unpaired) electrons. The summed E-state index contributed by atoms with van der Waals surface area (Å²) in [5.41, 5.74) is 7.63. The Morgan fingerprint density at radius 3 is 2.89 bits per heavy atom. The number of aryl methyl sites for hydroxylation is 1. The Morgan fingerprint density at radius 1 is 1.34 bits per heavy atom.